The first-order chi connectivity index (χ1) is 11.9. The lowest BCUT2D eigenvalue weighted by atomic mass is 10.1. The van der Waals surface area contributed by atoms with Crippen LogP contribution < -0.4 is 0 Å². The molecule has 136 valence electrons. The fourth-order valence-electron chi connectivity index (χ4n) is 3.22. The van der Waals surface area contributed by atoms with E-state index >= 15 is 0 Å². The number of carbonyl (C=O) groups is 1. The molecule has 1 aliphatic rings. The molecule has 0 radical (unpaired) electrons. The van der Waals surface area contributed by atoms with Crippen LogP contribution in [-0.2, 0) is 36.7 Å². The van der Waals surface area contributed by atoms with E-state index in [0.717, 1.165) is 29.8 Å². The smallest absolute Gasteiger partial charge is 0.252 e. The molecule has 1 saturated heterocycles. The largest absolute Gasteiger partial charge is 0.368 e. The normalized spacial score (nSPS) is 17.2. The zero-order valence-electron chi connectivity index (χ0n) is 15.1. The number of aromatic nitrogens is 4. The highest BCUT2D eigenvalue weighted by atomic mass is 35.5. The Kier molecular flexibility index (Phi) is 5.15. The maximum atomic E-state index is 13.0. The Morgan fingerprint density at radius 3 is 2.64 bits per heavy atom. The van der Waals surface area contributed by atoms with Crippen molar-refractivity contribution in [3.05, 3.63) is 33.9 Å². The molecule has 0 aliphatic carbocycles. The first-order valence-corrected chi connectivity index (χ1v) is 8.82. The minimum Gasteiger partial charge on any atom is -0.368 e. The van der Waals surface area contributed by atoms with Gasteiger partial charge in [0.1, 0.15) is 11.8 Å². The van der Waals surface area contributed by atoms with Crippen LogP contribution in [0.2, 0.25) is 5.02 Å². The average molecular weight is 366 g/mol. The van der Waals surface area contributed by atoms with Crippen molar-refractivity contribution in [2.24, 2.45) is 14.1 Å². The third-order valence-electron chi connectivity index (χ3n) is 4.72. The summed E-state index contributed by atoms with van der Waals surface area (Å²) < 4.78 is 9.10. The molecule has 1 atom stereocenters. The number of hydrogen-bond donors (Lipinski definition) is 0. The van der Waals surface area contributed by atoms with E-state index in [2.05, 4.69) is 10.2 Å². The Balaban J connectivity index is 1.88. The topological polar surface area (TPSA) is 65.2 Å². The Morgan fingerprint density at radius 1 is 1.36 bits per heavy atom. The van der Waals surface area contributed by atoms with Crippen molar-refractivity contribution in [2.75, 3.05) is 6.61 Å². The quantitative estimate of drug-likeness (QED) is 0.814. The molecule has 0 aromatic carbocycles. The number of amides is 1. The number of rotatable bonds is 5. The number of hydrogen-bond acceptors (Lipinski definition) is 4. The highest BCUT2D eigenvalue weighted by molar-refractivity contribution is 6.31. The molecule has 0 bridgehead atoms. The molecule has 0 saturated carbocycles. The third kappa shape index (κ3) is 3.72. The Hall–Kier alpha value is -1.86. The van der Waals surface area contributed by atoms with Gasteiger partial charge in [0, 0.05) is 44.7 Å². The van der Waals surface area contributed by atoms with Gasteiger partial charge in [-0.1, -0.05) is 11.6 Å². The fourth-order valence-corrected chi connectivity index (χ4v) is 3.46. The summed E-state index contributed by atoms with van der Waals surface area (Å²) in [6.45, 7) is 5.44. The molecule has 8 heteroatoms. The number of ether oxygens (including phenoxy) is 1. The van der Waals surface area contributed by atoms with Gasteiger partial charge in [-0.15, -0.1) is 0 Å². The predicted molar refractivity (Wildman–Crippen MR) is 94.1 cm³/mol. The van der Waals surface area contributed by atoms with Gasteiger partial charge in [-0.2, -0.15) is 10.2 Å². The summed E-state index contributed by atoms with van der Waals surface area (Å²) in [6.07, 6.45) is 3.04. The second-order valence-electron chi connectivity index (χ2n) is 6.57. The summed E-state index contributed by atoms with van der Waals surface area (Å²) in [6, 6.07) is 0. The molecule has 3 rings (SSSR count). The highest BCUT2D eigenvalue weighted by Gasteiger charge is 2.30. The molecule has 1 fully saturated rings. The summed E-state index contributed by atoms with van der Waals surface area (Å²) >= 11 is 6.25. The Morgan fingerprint density at radius 2 is 2.12 bits per heavy atom. The van der Waals surface area contributed by atoms with Gasteiger partial charge in [-0.3, -0.25) is 14.2 Å². The first-order valence-electron chi connectivity index (χ1n) is 8.44. The molecule has 0 N–H and O–H groups in total. The number of carbonyl (C=O) groups excluding carboxylic acids is 1. The van der Waals surface area contributed by atoms with Crippen LogP contribution in [0.25, 0.3) is 0 Å². The van der Waals surface area contributed by atoms with Crippen molar-refractivity contribution >= 4 is 17.5 Å². The van der Waals surface area contributed by atoms with Gasteiger partial charge in [0.25, 0.3) is 5.91 Å². The van der Waals surface area contributed by atoms with Crippen LogP contribution in [0.3, 0.4) is 0 Å². The molecule has 2 aromatic rings. The van der Waals surface area contributed by atoms with Gasteiger partial charge in [0.05, 0.1) is 17.3 Å². The van der Waals surface area contributed by atoms with Gasteiger partial charge in [-0.05, 0) is 26.7 Å². The van der Waals surface area contributed by atoms with Crippen LogP contribution in [-0.4, -0.2) is 43.1 Å². The molecule has 1 amide bonds. The van der Waals surface area contributed by atoms with E-state index < -0.39 is 0 Å². The second kappa shape index (κ2) is 7.17. The van der Waals surface area contributed by atoms with Crippen molar-refractivity contribution < 1.29 is 9.53 Å². The number of aryl methyl sites for hydroxylation is 3. The lowest BCUT2D eigenvalue weighted by molar-refractivity contribution is -0.142. The minimum atomic E-state index is -0.375. The molecular weight excluding hydrogens is 342 g/mol. The van der Waals surface area contributed by atoms with Crippen LogP contribution in [0.4, 0.5) is 0 Å². The van der Waals surface area contributed by atoms with Gasteiger partial charge in [-0.25, -0.2) is 0 Å². The van der Waals surface area contributed by atoms with Crippen LogP contribution in [0.1, 0.15) is 35.5 Å². The van der Waals surface area contributed by atoms with Gasteiger partial charge in [0.2, 0.25) is 0 Å². The minimum absolute atomic E-state index is 0.0122. The van der Waals surface area contributed by atoms with E-state index in [0.29, 0.717) is 30.4 Å². The summed E-state index contributed by atoms with van der Waals surface area (Å²) in [5.41, 5.74) is 3.72. The number of halogens is 1. The van der Waals surface area contributed by atoms with E-state index in [1.165, 1.54) is 0 Å². The van der Waals surface area contributed by atoms with E-state index in [9.17, 15) is 4.79 Å². The van der Waals surface area contributed by atoms with E-state index in [4.69, 9.17) is 16.3 Å². The van der Waals surface area contributed by atoms with Crippen molar-refractivity contribution in [2.45, 2.75) is 45.9 Å². The van der Waals surface area contributed by atoms with E-state index in [1.54, 1.807) is 15.8 Å². The molecule has 0 spiro atoms. The van der Waals surface area contributed by atoms with Crippen molar-refractivity contribution in [3.8, 4) is 0 Å². The predicted octanol–water partition coefficient (Wildman–Crippen LogP) is 2.13. The summed E-state index contributed by atoms with van der Waals surface area (Å²) in [4.78, 5) is 14.8. The zero-order valence-corrected chi connectivity index (χ0v) is 15.9. The molecule has 0 unspecified atom stereocenters. The SMILES string of the molecule is Cc1nn(C)c(C)c1CN(Cc1nn(C)cc1Cl)C(=O)[C@@H]1CCCO1. The zero-order chi connectivity index (χ0) is 18.1. The maximum absolute atomic E-state index is 13.0. The molecule has 25 heavy (non-hydrogen) atoms. The molecular formula is C17H24ClN5O2. The van der Waals surface area contributed by atoms with E-state index in [1.807, 2.05) is 32.6 Å². The van der Waals surface area contributed by atoms with Crippen molar-refractivity contribution in [3.63, 3.8) is 0 Å². The van der Waals surface area contributed by atoms with Gasteiger partial charge >= 0.3 is 0 Å². The van der Waals surface area contributed by atoms with E-state index in [-0.39, 0.29) is 12.0 Å². The van der Waals surface area contributed by atoms with Crippen LogP contribution in [0, 0.1) is 13.8 Å². The average Bonchev–Trinajstić information content (AvgIpc) is 3.24. The summed E-state index contributed by atoms with van der Waals surface area (Å²) in [7, 11) is 3.73. The fraction of sp³-hybridized carbons (Fsp3) is 0.588. The summed E-state index contributed by atoms with van der Waals surface area (Å²) in [5.74, 6) is -0.0122. The molecule has 3 heterocycles. The van der Waals surface area contributed by atoms with Gasteiger partial charge in [0.15, 0.2) is 0 Å². The standard InChI is InChI=1S/C17H24ClN5O2/c1-11-13(12(2)22(4)19-11)8-23(17(24)16-6-5-7-25-16)10-15-14(18)9-21(3)20-15/h9,16H,5-8,10H2,1-4H3/t16-/m0/s1. The lowest BCUT2D eigenvalue weighted by Crippen LogP contribution is -2.38. The molecule has 1 aliphatic heterocycles. The Bertz CT molecular complexity index is 776. The maximum Gasteiger partial charge on any atom is 0.252 e. The first kappa shape index (κ1) is 17.9. The van der Waals surface area contributed by atoms with Crippen molar-refractivity contribution in [1.29, 1.82) is 0 Å². The second-order valence-corrected chi connectivity index (χ2v) is 6.97. The van der Waals surface area contributed by atoms with Crippen LogP contribution in [0.5, 0.6) is 0 Å². The molecule has 7 nitrogen and oxygen atoms in total. The molecule has 2 aromatic heterocycles. The van der Waals surface area contributed by atoms with Crippen molar-refractivity contribution in [1.82, 2.24) is 24.5 Å². The third-order valence-corrected chi connectivity index (χ3v) is 5.04. The summed E-state index contributed by atoms with van der Waals surface area (Å²) in [5, 5.41) is 9.39. The lowest BCUT2D eigenvalue weighted by Gasteiger charge is -2.25. The Labute approximate surface area is 152 Å². The monoisotopic (exact) mass is 365 g/mol. The van der Waals surface area contributed by atoms with Gasteiger partial charge < -0.3 is 9.64 Å². The highest BCUT2D eigenvalue weighted by Crippen LogP contribution is 2.23. The van der Waals surface area contributed by atoms with Crippen LogP contribution in [0.15, 0.2) is 6.20 Å². The van der Waals surface area contributed by atoms with Crippen LogP contribution >= 0.6 is 11.6 Å². The number of nitrogens with zero attached hydrogens (tertiary/aromatic N) is 5.